The Kier molecular flexibility index (Phi) is 5.49. The smallest absolute Gasteiger partial charge is 0.0551 e. The number of hydrogen-bond acceptors (Lipinski definition) is 2. The van der Waals surface area contributed by atoms with Gasteiger partial charge in [0.1, 0.15) is 0 Å². The van der Waals surface area contributed by atoms with Crippen molar-refractivity contribution < 1.29 is 0 Å². The minimum Gasteiger partial charge on any atom is -0.311 e. The summed E-state index contributed by atoms with van der Waals surface area (Å²) in [5.41, 5.74) is 1.24. The predicted molar refractivity (Wildman–Crippen MR) is 81.1 cm³/mol. The van der Waals surface area contributed by atoms with E-state index in [9.17, 15) is 0 Å². The predicted octanol–water partition coefficient (Wildman–Crippen LogP) is 3.68. The molecule has 1 saturated heterocycles. The number of halogens is 2. The second-order valence-corrected chi connectivity index (χ2v) is 6.07. The third-order valence-electron chi connectivity index (χ3n) is 3.60. The Morgan fingerprint density at radius 3 is 3.06 bits per heavy atom. The number of nitrogens with zero attached hydrogens (tertiary/aromatic N) is 1. The van der Waals surface area contributed by atoms with Crippen molar-refractivity contribution in [3.05, 3.63) is 33.3 Å². The summed E-state index contributed by atoms with van der Waals surface area (Å²) in [5, 5.41) is 4.32. The van der Waals surface area contributed by atoms with Gasteiger partial charge in [-0.3, -0.25) is 4.90 Å². The van der Waals surface area contributed by atoms with Gasteiger partial charge >= 0.3 is 0 Å². The van der Waals surface area contributed by atoms with E-state index in [4.69, 9.17) is 11.6 Å². The Bertz CT molecular complexity index is 397. The van der Waals surface area contributed by atoms with Gasteiger partial charge < -0.3 is 5.32 Å². The average Bonchev–Trinajstić information content (AvgIpc) is 2.81. The van der Waals surface area contributed by atoms with Crippen LogP contribution in [0.2, 0.25) is 5.02 Å². The molecular formula is C14H20BrClN2. The van der Waals surface area contributed by atoms with Crippen molar-refractivity contribution in [1.82, 2.24) is 10.2 Å². The number of hydrogen-bond donors (Lipinski definition) is 1. The first-order valence-electron chi connectivity index (χ1n) is 6.59. The third kappa shape index (κ3) is 3.70. The van der Waals surface area contributed by atoms with Gasteiger partial charge in [0.2, 0.25) is 0 Å². The van der Waals surface area contributed by atoms with E-state index in [1.807, 2.05) is 12.1 Å². The molecule has 0 spiro atoms. The van der Waals surface area contributed by atoms with E-state index >= 15 is 0 Å². The molecule has 0 bridgehead atoms. The maximum atomic E-state index is 6.08. The Morgan fingerprint density at radius 2 is 2.33 bits per heavy atom. The van der Waals surface area contributed by atoms with Crippen LogP contribution in [0.3, 0.4) is 0 Å². The zero-order chi connectivity index (χ0) is 13.0. The van der Waals surface area contributed by atoms with Crippen LogP contribution in [0.5, 0.6) is 0 Å². The van der Waals surface area contributed by atoms with Gasteiger partial charge in [0.25, 0.3) is 0 Å². The van der Waals surface area contributed by atoms with Crippen LogP contribution in [0, 0.1) is 0 Å². The molecule has 0 amide bonds. The molecule has 1 fully saturated rings. The molecular weight excluding hydrogens is 312 g/mol. The highest BCUT2D eigenvalue weighted by atomic mass is 79.9. The number of nitrogens with one attached hydrogen (secondary N) is 1. The van der Waals surface area contributed by atoms with Gasteiger partial charge in [0, 0.05) is 23.6 Å². The summed E-state index contributed by atoms with van der Waals surface area (Å²) in [6, 6.07) is 6.84. The molecule has 1 aromatic carbocycles. The van der Waals surface area contributed by atoms with Crippen molar-refractivity contribution in [2.45, 2.75) is 32.4 Å². The molecule has 1 heterocycles. The summed E-state index contributed by atoms with van der Waals surface area (Å²) in [4.78, 5) is 2.56. The van der Waals surface area contributed by atoms with Crippen molar-refractivity contribution >= 4 is 27.5 Å². The van der Waals surface area contributed by atoms with E-state index < -0.39 is 0 Å². The monoisotopic (exact) mass is 330 g/mol. The molecule has 2 rings (SSSR count). The van der Waals surface area contributed by atoms with Gasteiger partial charge in [-0.15, -0.1) is 0 Å². The molecule has 1 unspecified atom stereocenters. The van der Waals surface area contributed by atoms with Crippen molar-refractivity contribution in [1.29, 1.82) is 0 Å². The Balaban J connectivity index is 1.79. The summed E-state index contributed by atoms with van der Waals surface area (Å²) in [6.45, 7) is 6.62. The summed E-state index contributed by atoms with van der Waals surface area (Å²) in [7, 11) is 0. The second-order valence-electron chi connectivity index (χ2n) is 4.80. The molecule has 0 saturated carbocycles. The normalized spacial score (nSPS) is 20.5. The molecule has 0 radical (unpaired) electrons. The SMILES string of the molecule is CCN1CCCC1CNCc1ccc(Br)c(Cl)c1. The Labute approximate surface area is 123 Å². The van der Waals surface area contributed by atoms with E-state index in [1.54, 1.807) is 0 Å². The van der Waals surface area contributed by atoms with Gasteiger partial charge in [0.15, 0.2) is 0 Å². The lowest BCUT2D eigenvalue weighted by atomic mass is 10.2. The van der Waals surface area contributed by atoms with Crippen molar-refractivity contribution in [2.75, 3.05) is 19.6 Å². The van der Waals surface area contributed by atoms with Crippen molar-refractivity contribution in [2.24, 2.45) is 0 Å². The molecule has 1 atom stereocenters. The van der Waals surface area contributed by atoms with Gasteiger partial charge in [-0.05, 0) is 59.6 Å². The first-order valence-corrected chi connectivity index (χ1v) is 7.76. The van der Waals surface area contributed by atoms with E-state index in [0.29, 0.717) is 6.04 Å². The van der Waals surface area contributed by atoms with Crippen LogP contribution in [0.4, 0.5) is 0 Å². The van der Waals surface area contributed by atoms with Gasteiger partial charge in [-0.1, -0.05) is 24.6 Å². The zero-order valence-corrected chi connectivity index (χ0v) is 13.1. The molecule has 0 aromatic heterocycles. The third-order valence-corrected chi connectivity index (χ3v) is 4.83. The molecule has 0 aliphatic carbocycles. The molecule has 1 aliphatic heterocycles. The van der Waals surface area contributed by atoms with Crippen LogP contribution in [0.1, 0.15) is 25.3 Å². The fourth-order valence-electron chi connectivity index (χ4n) is 2.58. The maximum absolute atomic E-state index is 6.08. The van der Waals surface area contributed by atoms with Gasteiger partial charge in [-0.25, -0.2) is 0 Å². The molecule has 1 N–H and O–H groups in total. The van der Waals surface area contributed by atoms with Crippen LogP contribution < -0.4 is 5.32 Å². The van der Waals surface area contributed by atoms with E-state index in [-0.39, 0.29) is 0 Å². The summed E-state index contributed by atoms with van der Waals surface area (Å²) >= 11 is 9.49. The molecule has 2 nitrogen and oxygen atoms in total. The Morgan fingerprint density at radius 1 is 1.50 bits per heavy atom. The highest BCUT2D eigenvalue weighted by Gasteiger charge is 2.21. The Hall–Kier alpha value is -0.0900. The average molecular weight is 332 g/mol. The number of likely N-dealkylation sites (tertiary alicyclic amines) is 1. The van der Waals surface area contributed by atoms with Crippen LogP contribution in [0.15, 0.2) is 22.7 Å². The summed E-state index contributed by atoms with van der Waals surface area (Å²) in [6.07, 6.45) is 2.66. The van der Waals surface area contributed by atoms with Crippen molar-refractivity contribution in [3.8, 4) is 0 Å². The fourth-order valence-corrected chi connectivity index (χ4v) is 3.03. The first-order chi connectivity index (χ1) is 8.70. The number of benzene rings is 1. The fraction of sp³-hybridized carbons (Fsp3) is 0.571. The largest absolute Gasteiger partial charge is 0.311 e. The zero-order valence-electron chi connectivity index (χ0n) is 10.8. The lowest BCUT2D eigenvalue weighted by Crippen LogP contribution is -2.37. The summed E-state index contributed by atoms with van der Waals surface area (Å²) < 4.78 is 0.959. The topological polar surface area (TPSA) is 15.3 Å². The minimum atomic E-state index is 0.709. The van der Waals surface area contributed by atoms with Crippen molar-refractivity contribution in [3.63, 3.8) is 0 Å². The molecule has 1 aliphatic rings. The molecule has 1 aromatic rings. The van der Waals surface area contributed by atoms with E-state index in [0.717, 1.165) is 29.1 Å². The van der Waals surface area contributed by atoms with E-state index in [1.165, 1.54) is 24.9 Å². The standard InChI is InChI=1S/C14H20BrClN2/c1-2-18-7-3-4-12(18)10-17-9-11-5-6-13(15)14(16)8-11/h5-6,8,12,17H,2-4,7,9-10H2,1H3. The maximum Gasteiger partial charge on any atom is 0.0551 e. The van der Waals surface area contributed by atoms with Crippen LogP contribution in [0.25, 0.3) is 0 Å². The van der Waals surface area contributed by atoms with Crippen LogP contribution in [-0.2, 0) is 6.54 Å². The molecule has 4 heteroatoms. The lowest BCUT2D eigenvalue weighted by Gasteiger charge is -2.23. The number of likely N-dealkylation sites (N-methyl/N-ethyl adjacent to an activating group) is 1. The minimum absolute atomic E-state index is 0.709. The van der Waals surface area contributed by atoms with E-state index in [2.05, 4.69) is 39.1 Å². The molecule has 100 valence electrons. The van der Waals surface area contributed by atoms with Crippen LogP contribution >= 0.6 is 27.5 Å². The summed E-state index contributed by atoms with van der Waals surface area (Å²) in [5.74, 6) is 0. The van der Waals surface area contributed by atoms with Gasteiger partial charge in [-0.2, -0.15) is 0 Å². The first kappa shape index (κ1) is 14.3. The lowest BCUT2D eigenvalue weighted by molar-refractivity contribution is 0.260. The molecule has 18 heavy (non-hydrogen) atoms. The highest BCUT2D eigenvalue weighted by molar-refractivity contribution is 9.10. The second kappa shape index (κ2) is 6.90. The van der Waals surface area contributed by atoms with Crippen LogP contribution in [-0.4, -0.2) is 30.6 Å². The highest BCUT2D eigenvalue weighted by Crippen LogP contribution is 2.23. The van der Waals surface area contributed by atoms with Gasteiger partial charge in [0.05, 0.1) is 5.02 Å². The quantitative estimate of drug-likeness (QED) is 0.885. The number of rotatable bonds is 5.